The molecule has 1 aromatic heterocycles. The first kappa shape index (κ1) is 14.5. The third-order valence-corrected chi connectivity index (χ3v) is 4.37. The number of para-hydroxylation sites is 1. The van der Waals surface area contributed by atoms with E-state index in [1.807, 2.05) is 36.4 Å². The number of aromatic nitrogens is 1. The van der Waals surface area contributed by atoms with Crippen LogP contribution in [0.5, 0.6) is 5.75 Å². The third kappa shape index (κ3) is 2.80. The van der Waals surface area contributed by atoms with Crippen molar-refractivity contribution < 1.29 is 14.6 Å². The van der Waals surface area contributed by atoms with Crippen LogP contribution in [0.25, 0.3) is 20.8 Å². The molecule has 1 heterocycles. The van der Waals surface area contributed by atoms with Crippen LogP contribution in [0.3, 0.4) is 0 Å². The first-order valence-electron chi connectivity index (χ1n) is 6.84. The molecule has 112 valence electrons. The smallest absolute Gasteiger partial charge is 0.347 e. The van der Waals surface area contributed by atoms with Gasteiger partial charge in [0.15, 0.2) is 5.60 Å². The van der Waals surface area contributed by atoms with Crippen LogP contribution >= 0.6 is 11.3 Å². The zero-order valence-electron chi connectivity index (χ0n) is 12.2. The predicted molar refractivity (Wildman–Crippen MR) is 87.4 cm³/mol. The SMILES string of the molecule is CC(C)(Oc1ccc(-c2nc3ccccc3s2)cc1)C(=O)O. The Balaban J connectivity index is 1.86. The van der Waals surface area contributed by atoms with Gasteiger partial charge in [-0.3, -0.25) is 0 Å². The highest BCUT2D eigenvalue weighted by atomic mass is 32.1. The highest BCUT2D eigenvalue weighted by Crippen LogP contribution is 2.31. The van der Waals surface area contributed by atoms with Crippen molar-refractivity contribution in [3.05, 3.63) is 48.5 Å². The van der Waals surface area contributed by atoms with Crippen LogP contribution in [0.4, 0.5) is 0 Å². The maximum atomic E-state index is 11.1. The molecule has 0 fully saturated rings. The Morgan fingerprint density at radius 2 is 1.82 bits per heavy atom. The molecular weight excluding hydrogens is 298 g/mol. The van der Waals surface area contributed by atoms with Crippen molar-refractivity contribution in [2.45, 2.75) is 19.4 Å². The number of thiazole rings is 1. The lowest BCUT2D eigenvalue weighted by atomic mass is 10.1. The summed E-state index contributed by atoms with van der Waals surface area (Å²) in [5, 5.41) is 10.0. The number of fused-ring (bicyclic) bond motifs is 1. The number of carboxylic acid groups (broad SMARTS) is 1. The number of hydrogen-bond donors (Lipinski definition) is 1. The summed E-state index contributed by atoms with van der Waals surface area (Å²) in [5.74, 6) is -0.472. The van der Waals surface area contributed by atoms with Crippen molar-refractivity contribution in [3.63, 3.8) is 0 Å². The van der Waals surface area contributed by atoms with Gasteiger partial charge in [-0.2, -0.15) is 0 Å². The second-order valence-corrected chi connectivity index (χ2v) is 6.46. The molecule has 0 bridgehead atoms. The number of rotatable bonds is 4. The van der Waals surface area contributed by atoms with Crippen molar-refractivity contribution >= 4 is 27.5 Å². The summed E-state index contributed by atoms with van der Waals surface area (Å²) < 4.78 is 6.64. The Bertz CT molecular complexity index is 788. The van der Waals surface area contributed by atoms with Crippen molar-refractivity contribution in [1.29, 1.82) is 0 Å². The number of benzene rings is 2. The minimum atomic E-state index is -1.25. The molecule has 0 saturated carbocycles. The first-order chi connectivity index (χ1) is 10.5. The Labute approximate surface area is 132 Å². The molecule has 0 aliphatic heterocycles. The maximum absolute atomic E-state index is 11.1. The molecule has 0 saturated heterocycles. The van der Waals surface area contributed by atoms with Gasteiger partial charge in [0.05, 0.1) is 10.2 Å². The molecule has 0 amide bonds. The lowest BCUT2D eigenvalue weighted by Gasteiger charge is -2.21. The Hall–Kier alpha value is -2.40. The molecule has 0 unspecified atom stereocenters. The van der Waals surface area contributed by atoms with E-state index >= 15 is 0 Å². The molecule has 2 aromatic carbocycles. The second-order valence-electron chi connectivity index (χ2n) is 5.43. The lowest BCUT2D eigenvalue weighted by Crippen LogP contribution is -2.37. The van der Waals surface area contributed by atoms with Gasteiger partial charge in [0.2, 0.25) is 0 Å². The summed E-state index contributed by atoms with van der Waals surface area (Å²) >= 11 is 1.63. The van der Waals surface area contributed by atoms with E-state index in [1.54, 1.807) is 23.5 Å². The quantitative estimate of drug-likeness (QED) is 0.784. The number of aliphatic carboxylic acids is 1. The van der Waals surface area contributed by atoms with Gasteiger partial charge >= 0.3 is 5.97 Å². The van der Waals surface area contributed by atoms with Gasteiger partial charge in [0.1, 0.15) is 10.8 Å². The van der Waals surface area contributed by atoms with Crippen LogP contribution in [0.15, 0.2) is 48.5 Å². The van der Waals surface area contributed by atoms with Crippen LogP contribution < -0.4 is 4.74 Å². The van der Waals surface area contributed by atoms with Gasteiger partial charge in [-0.25, -0.2) is 9.78 Å². The van der Waals surface area contributed by atoms with Gasteiger partial charge in [0, 0.05) is 5.56 Å². The molecule has 4 nitrogen and oxygen atoms in total. The van der Waals surface area contributed by atoms with E-state index in [1.165, 1.54) is 13.8 Å². The van der Waals surface area contributed by atoms with Crippen LogP contribution in [0.2, 0.25) is 0 Å². The topological polar surface area (TPSA) is 59.4 Å². The molecule has 0 radical (unpaired) electrons. The van der Waals surface area contributed by atoms with E-state index in [0.717, 1.165) is 20.8 Å². The normalized spacial score (nSPS) is 11.5. The highest BCUT2D eigenvalue weighted by molar-refractivity contribution is 7.21. The average molecular weight is 313 g/mol. The highest BCUT2D eigenvalue weighted by Gasteiger charge is 2.29. The molecule has 0 aliphatic rings. The Morgan fingerprint density at radius 3 is 2.45 bits per heavy atom. The zero-order chi connectivity index (χ0) is 15.7. The van der Waals surface area contributed by atoms with Crippen LogP contribution in [0.1, 0.15) is 13.8 Å². The van der Waals surface area contributed by atoms with E-state index in [0.29, 0.717) is 5.75 Å². The molecule has 1 N–H and O–H groups in total. The minimum absolute atomic E-state index is 0.525. The molecule has 3 rings (SSSR count). The van der Waals surface area contributed by atoms with E-state index in [2.05, 4.69) is 4.98 Å². The van der Waals surface area contributed by atoms with Gasteiger partial charge in [-0.15, -0.1) is 11.3 Å². The van der Waals surface area contributed by atoms with Crippen LogP contribution in [-0.4, -0.2) is 21.7 Å². The van der Waals surface area contributed by atoms with E-state index in [-0.39, 0.29) is 0 Å². The monoisotopic (exact) mass is 313 g/mol. The van der Waals surface area contributed by atoms with Gasteiger partial charge in [-0.05, 0) is 50.2 Å². The number of hydrogen-bond acceptors (Lipinski definition) is 4. The number of carbonyl (C=O) groups is 1. The molecule has 5 heteroatoms. The largest absolute Gasteiger partial charge is 0.478 e. The molecule has 22 heavy (non-hydrogen) atoms. The second kappa shape index (κ2) is 5.42. The molecule has 0 aliphatic carbocycles. The number of nitrogens with zero attached hydrogens (tertiary/aromatic N) is 1. The molecular formula is C17H15NO3S. The molecule has 0 atom stereocenters. The summed E-state index contributed by atoms with van der Waals surface area (Å²) in [6.07, 6.45) is 0. The Morgan fingerprint density at radius 1 is 1.14 bits per heavy atom. The summed E-state index contributed by atoms with van der Waals surface area (Å²) in [4.78, 5) is 15.7. The minimum Gasteiger partial charge on any atom is -0.478 e. The van der Waals surface area contributed by atoms with Crippen molar-refractivity contribution in [2.75, 3.05) is 0 Å². The fraction of sp³-hybridized carbons (Fsp3) is 0.176. The summed E-state index contributed by atoms with van der Waals surface area (Å²) in [6, 6.07) is 15.3. The molecule has 3 aromatic rings. The lowest BCUT2D eigenvalue weighted by molar-refractivity contribution is -0.152. The summed E-state index contributed by atoms with van der Waals surface area (Å²) in [6.45, 7) is 3.05. The van der Waals surface area contributed by atoms with Gasteiger partial charge < -0.3 is 9.84 Å². The van der Waals surface area contributed by atoms with Crippen LogP contribution in [0, 0.1) is 0 Å². The number of carboxylic acids is 1. The fourth-order valence-corrected chi connectivity index (χ4v) is 2.97. The predicted octanol–water partition coefficient (Wildman–Crippen LogP) is 4.21. The first-order valence-corrected chi connectivity index (χ1v) is 7.66. The fourth-order valence-electron chi connectivity index (χ4n) is 2.00. The van der Waals surface area contributed by atoms with Crippen molar-refractivity contribution in [1.82, 2.24) is 4.98 Å². The van der Waals surface area contributed by atoms with Crippen LogP contribution in [-0.2, 0) is 4.79 Å². The number of ether oxygens (including phenoxy) is 1. The molecule has 0 spiro atoms. The van der Waals surface area contributed by atoms with Gasteiger partial charge in [0.25, 0.3) is 0 Å². The average Bonchev–Trinajstić information content (AvgIpc) is 2.91. The maximum Gasteiger partial charge on any atom is 0.347 e. The van der Waals surface area contributed by atoms with Crippen molar-refractivity contribution in [3.8, 4) is 16.3 Å². The standard InChI is InChI=1S/C17H15NO3S/c1-17(2,16(19)20)21-12-9-7-11(8-10-12)15-18-13-5-3-4-6-14(13)22-15/h3-10H,1-2H3,(H,19,20). The zero-order valence-corrected chi connectivity index (χ0v) is 13.1. The van der Waals surface area contributed by atoms with Crippen molar-refractivity contribution in [2.24, 2.45) is 0 Å². The van der Waals surface area contributed by atoms with E-state index in [9.17, 15) is 4.79 Å². The summed E-state index contributed by atoms with van der Waals surface area (Å²) in [5.41, 5.74) is 0.716. The van der Waals surface area contributed by atoms with E-state index in [4.69, 9.17) is 9.84 Å². The Kier molecular flexibility index (Phi) is 3.58. The van der Waals surface area contributed by atoms with Gasteiger partial charge in [-0.1, -0.05) is 12.1 Å². The summed E-state index contributed by atoms with van der Waals surface area (Å²) in [7, 11) is 0. The van der Waals surface area contributed by atoms with E-state index < -0.39 is 11.6 Å². The third-order valence-electron chi connectivity index (χ3n) is 3.28.